The molecule has 0 saturated carbocycles. The highest BCUT2D eigenvalue weighted by Gasteiger charge is 2.25. The van der Waals surface area contributed by atoms with E-state index in [4.69, 9.17) is 5.84 Å². The van der Waals surface area contributed by atoms with E-state index in [2.05, 4.69) is 41.5 Å². The van der Waals surface area contributed by atoms with Gasteiger partial charge in [0.05, 0.1) is 0 Å². The quantitative estimate of drug-likeness (QED) is 0.523. The molecule has 0 fully saturated rings. The molecule has 0 bridgehead atoms. The van der Waals surface area contributed by atoms with E-state index in [1.807, 2.05) is 5.01 Å². The Bertz CT molecular complexity index is 133. The lowest BCUT2D eigenvalue weighted by Gasteiger charge is -2.38. The van der Waals surface area contributed by atoms with Gasteiger partial charge in [0.1, 0.15) is 0 Å². The van der Waals surface area contributed by atoms with Crippen LogP contribution in [0.3, 0.4) is 0 Å². The normalized spacial score (nSPS) is 14.0. The van der Waals surface area contributed by atoms with Crippen LogP contribution in [0, 0.1) is 5.41 Å². The molecule has 74 valence electrons. The Kier molecular flexibility index (Phi) is 3.73. The molecular formula is C10H24N2. The zero-order valence-electron chi connectivity index (χ0n) is 9.44. The molecule has 0 aliphatic heterocycles. The van der Waals surface area contributed by atoms with Gasteiger partial charge in [-0.15, -0.1) is 0 Å². The average Bonchev–Trinajstić information content (AvgIpc) is 1.84. The second-order valence-electron chi connectivity index (χ2n) is 5.35. The van der Waals surface area contributed by atoms with Gasteiger partial charge in [-0.25, -0.2) is 5.01 Å². The highest BCUT2D eigenvalue weighted by atomic mass is 15.4. The third-order valence-electron chi connectivity index (χ3n) is 2.29. The number of nitrogens with zero attached hydrogens (tertiary/aromatic N) is 1. The zero-order valence-corrected chi connectivity index (χ0v) is 9.44. The summed E-state index contributed by atoms with van der Waals surface area (Å²) in [5.74, 6) is 5.98. The molecule has 2 heteroatoms. The predicted octanol–water partition coefficient (Wildman–Crippen LogP) is 2.40. The van der Waals surface area contributed by atoms with E-state index in [9.17, 15) is 0 Å². The summed E-state index contributed by atoms with van der Waals surface area (Å²) in [6.45, 7) is 14.1. The molecule has 0 radical (unpaired) electrons. The van der Waals surface area contributed by atoms with Crippen molar-refractivity contribution in [3.05, 3.63) is 0 Å². The lowest BCUT2D eigenvalue weighted by molar-refractivity contribution is 0.0758. The van der Waals surface area contributed by atoms with Crippen LogP contribution in [-0.2, 0) is 0 Å². The van der Waals surface area contributed by atoms with Crippen molar-refractivity contribution in [2.45, 2.75) is 53.5 Å². The monoisotopic (exact) mass is 172 g/mol. The van der Waals surface area contributed by atoms with Gasteiger partial charge in [-0.05, 0) is 25.7 Å². The van der Waals surface area contributed by atoms with Crippen LogP contribution in [-0.4, -0.2) is 17.1 Å². The first kappa shape index (κ1) is 11.9. The van der Waals surface area contributed by atoms with Crippen molar-refractivity contribution < 1.29 is 0 Å². The largest absolute Gasteiger partial charge is 0.268 e. The van der Waals surface area contributed by atoms with Crippen LogP contribution in [0.4, 0.5) is 0 Å². The van der Waals surface area contributed by atoms with Crippen molar-refractivity contribution in [3.8, 4) is 0 Å². The summed E-state index contributed by atoms with van der Waals surface area (Å²) >= 11 is 0. The van der Waals surface area contributed by atoms with Gasteiger partial charge in [-0.2, -0.15) is 0 Å². The molecular weight excluding hydrogens is 148 g/mol. The number of hydrazine groups is 1. The van der Waals surface area contributed by atoms with Crippen LogP contribution in [0.1, 0.15) is 48.0 Å². The van der Waals surface area contributed by atoms with E-state index in [1.54, 1.807) is 0 Å². The van der Waals surface area contributed by atoms with Gasteiger partial charge >= 0.3 is 0 Å². The third kappa shape index (κ3) is 4.07. The van der Waals surface area contributed by atoms with Crippen LogP contribution in [0.15, 0.2) is 0 Å². The topological polar surface area (TPSA) is 29.3 Å². The number of hydrogen-bond acceptors (Lipinski definition) is 2. The van der Waals surface area contributed by atoms with Crippen molar-refractivity contribution in [2.75, 3.05) is 6.54 Å². The van der Waals surface area contributed by atoms with E-state index in [1.165, 1.54) is 0 Å². The molecule has 0 aromatic carbocycles. The van der Waals surface area contributed by atoms with Crippen LogP contribution in [0.25, 0.3) is 0 Å². The smallest absolute Gasteiger partial charge is 0.0293 e. The molecule has 0 saturated heterocycles. The van der Waals surface area contributed by atoms with Crippen LogP contribution >= 0.6 is 0 Å². The second kappa shape index (κ2) is 3.75. The molecule has 0 aliphatic rings. The maximum Gasteiger partial charge on any atom is 0.0293 e. The van der Waals surface area contributed by atoms with Gasteiger partial charge in [0, 0.05) is 12.1 Å². The summed E-state index contributed by atoms with van der Waals surface area (Å²) in [4.78, 5) is 0. The summed E-state index contributed by atoms with van der Waals surface area (Å²) < 4.78 is 0. The minimum atomic E-state index is 0.118. The Hall–Kier alpha value is -0.0800. The predicted molar refractivity (Wildman–Crippen MR) is 54.7 cm³/mol. The van der Waals surface area contributed by atoms with Gasteiger partial charge in [0.15, 0.2) is 0 Å². The summed E-state index contributed by atoms with van der Waals surface area (Å²) in [5, 5.41) is 1.95. The van der Waals surface area contributed by atoms with Crippen molar-refractivity contribution in [1.29, 1.82) is 0 Å². The highest BCUT2D eigenvalue weighted by Crippen LogP contribution is 2.21. The number of nitrogens with two attached hydrogens (primary N) is 1. The molecule has 0 aromatic heterocycles. The lowest BCUT2D eigenvalue weighted by Crippen LogP contribution is -2.51. The Morgan fingerprint density at radius 1 is 1.08 bits per heavy atom. The molecule has 0 aliphatic carbocycles. The first-order valence-electron chi connectivity index (χ1n) is 4.71. The summed E-state index contributed by atoms with van der Waals surface area (Å²) in [7, 11) is 0. The van der Waals surface area contributed by atoms with E-state index >= 15 is 0 Å². The third-order valence-corrected chi connectivity index (χ3v) is 2.29. The fraction of sp³-hybridized carbons (Fsp3) is 1.00. The van der Waals surface area contributed by atoms with Gasteiger partial charge < -0.3 is 0 Å². The number of rotatable bonds is 3. The minimum absolute atomic E-state index is 0.118. The van der Waals surface area contributed by atoms with Crippen molar-refractivity contribution >= 4 is 0 Å². The maximum atomic E-state index is 5.98. The maximum absolute atomic E-state index is 5.98. The molecule has 0 spiro atoms. The molecule has 0 unspecified atom stereocenters. The van der Waals surface area contributed by atoms with Gasteiger partial charge in [-0.1, -0.05) is 27.7 Å². The molecule has 0 rings (SSSR count). The molecule has 12 heavy (non-hydrogen) atoms. The second-order valence-corrected chi connectivity index (χ2v) is 5.35. The standard InChI is InChI=1S/C10H24N2/c1-7-10(5,6)12(11)8-9(2,3)4/h7-8,11H2,1-6H3. The van der Waals surface area contributed by atoms with Crippen LogP contribution < -0.4 is 5.84 Å². The summed E-state index contributed by atoms with van der Waals surface area (Å²) in [5.41, 5.74) is 0.397. The average molecular weight is 172 g/mol. The molecule has 0 atom stereocenters. The van der Waals surface area contributed by atoms with Crippen LogP contribution in [0.2, 0.25) is 0 Å². The van der Waals surface area contributed by atoms with Crippen molar-refractivity contribution in [2.24, 2.45) is 11.3 Å². The van der Waals surface area contributed by atoms with Gasteiger partial charge in [-0.3, -0.25) is 5.84 Å². The fourth-order valence-electron chi connectivity index (χ4n) is 0.928. The Balaban J connectivity index is 4.13. The minimum Gasteiger partial charge on any atom is -0.268 e. The summed E-state index contributed by atoms with van der Waals surface area (Å²) in [6.07, 6.45) is 1.08. The Morgan fingerprint density at radius 2 is 1.50 bits per heavy atom. The van der Waals surface area contributed by atoms with Gasteiger partial charge in [0.2, 0.25) is 0 Å². The molecule has 2 nitrogen and oxygen atoms in total. The Labute approximate surface area is 77.1 Å². The van der Waals surface area contributed by atoms with E-state index in [0.717, 1.165) is 13.0 Å². The zero-order chi connectivity index (χ0) is 9.99. The van der Waals surface area contributed by atoms with Crippen molar-refractivity contribution in [1.82, 2.24) is 5.01 Å². The molecule has 0 aromatic rings. The Morgan fingerprint density at radius 3 is 1.75 bits per heavy atom. The first-order chi connectivity index (χ1) is 5.19. The highest BCUT2D eigenvalue weighted by molar-refractivity contribution is 4.79. The summed E-state index contributed by atoms with van der Waals surface area (Å²) in [6, 6.07) is 0. The van der Waals surface area contributed by atoms with Gasteiger partial charge in [0.25, 0.3) is 0 Å². The van der Waals surface area contributed by atoms with Crippen LogP contribution in [0.5, 0.6) is 0 Å². The van der Waals surface area contributed by atoms with Crippen molar-refractivity contribution in [3.63, 3.8) is 0 Å². The first-order valence-corrected chi connectivity index (χ1v) is 4.71. The lowest BCUT2D eigenvalue weighted by atomic mass is 9.93. The van der Waals surface area contributed by atoms with E-state index < -0.39 is 0 Å². The number of hydrogen-bond donors (Lipinski definition) is 1. The molecule has 2 N–H and O–H groups in total. The van der Waals surface area contributed by atoms with E-state index in [0.29, 0.717) is 0 Å². The fourth-order valence-corrected chi connectivity index (χ4v) is 0.928. The van der Waals surface area contributed by atoms with E-state index in [-0.39, 0.29) is 11.0 Å². The SMILES string of the molecule is CCC(C)(C)N(N)CC(C)(C)C. The molecule has 0 amide bonds. The molecule has 0 heterocycles.